The van der Waals surface area contributed by atoms with E-state index in [2.05, 4.69) is 52.6 Å². The van der Waals surface area contributed by atoms with Gasteiger partial charge in [-0.3, -0.25) is 0 Å². The van der Waals surface area contributed by atoms with E-state index in [0.29, 0.717) is 5.41 Å². The van der Waals surface area contributed by atoms with Crippen molar-refractivity contribution in [1.29, 1.82) is 0 Å². The summed E-state index contributed by atoms with van der Waals surface area (Å²) in [7, 11) is 0. The quantitative estimate of drug-likeness (QED) is 0.394. The zero-order valence-corrected chi connectivity index (χ0v) is 16.7. The summed E-state index contributed by atoms with van der Waals surface area (Å²) in [6.07, 6.45) is 10.9. The third-order valence-corrected chi connectivity index (χ3v) is 6.29. The minimum absolute atomic E-state index is 0.498. The van der Waals surface area contributed by atoms with E-state index in [0.717, 1.165) is 29.5 Å². The molecule has 22 heavy (non-hydrogen) atoms. The first-order valence-electron chi connectivity index (χ1n) is 9.72. The summed E-state index contributed by atoms with van der Waals surface area (Å²) in [5, 5.41) is 3.81. The molecule has 0 saturated heterocycles. The number of thiol groups is 1. The van der Waals surface area contributed by atoms with Crippen molar-refractivity contribution >= 4 is 12.6 Å². The second-order valence-corrected chi connectivity index (χ2v) is 9.13. The van der Waals surface area contributed by atoms with E-state index in [1.807, 2.05) is 0 Å². The molecule has 132 valence electrons. The van der Waals surface area contributed by atoms with Crippen LogP contribution < -0.4 is 5.32 Å². The second kappa shape index (κ2) is 10.2. The first kappa shape index (κ1) is 20.4. The Kier molecular flexibility index (Phi) is 9.47. The number of hydrogen-bond acceptors (Lipinski definition) is 2. The van der Waals surface area contributed by atoms with Gasteiger partial charge in [-0.05, 0) is 80.4 Å². The Labute approximate surface area is 145 Å². The van der Waals surface area contributed by atoms with Crippen LogP contribution in [-0.2, 0) is 0 Å². The van der Waals surface area contributed by atoms with Crippen molar-refractivity contribution in [1.82, 2.24) is 5.32 Å². The van der Waals surface area contributed by atoms with Gasteiger partial charge in [-0.15, -0.1) is 0 Å². The van der Waals surface area contributed by atoms with Crippen LogP contribution >= 0.6 is 12.6 Å². The summed E-state index contributed by atoms with van der Waals surface area (Å²) in [6.45, 7) is 13.3. The maximum Gasteiger partial charge on any atom is 0.00644 e. The van der Waals surface area contributed by atoms with Crippen LogP contribution in [0, 0.1) is 23.2 Å². The molecule has 0 bridgehead atoms. The number of hydrogen-bond donors (Lipinski definition) is 2. The molecule has 0 aromatic carbocycles. The highest BCUT2D eigenvalue weighted by Crippen LogP contribution is 2.43. The Balaban J connectivity index is 2.24. The second-order valence-electron chi connectivity index (χ2n) is 8.68. The molecule has 1 fully saturated rings. The molecule has 0 aliphatic heterocycles. The molecule has 4 unspecified atom stereocenters. The third-order valence-electron chi connectivity index (χ3n) is 5.97. The van der Waals surface area contributed by atoms with E-state index in [9.17, 15) is 0 Å². The molecular weight excluding hydrogens is 286 g/mol. The van der Waals surface area contributed by atoms with Crippen LogP contribution in [0.2, 0.25) is 0 Å². The molecule has 0 heterocycles. The highest BCUT2D eigenvalue weighted by molar-refractivity contribution is 7.80. The van der Waals surface area contributed by atoms with E-state index in [4.69, 9.17) is 0 Å². The van der Waals surface area contributed by atoms with Crippen LogP contribution in [0.1, 0.15) is 86.0 Å². The van der Waals surface area contributed by atoms with Crippen molar-refractivity contribution in [2.45, 2.75) is 92.0 Å². The average Bonchev–Trinajstić information content (AvgIpc) is 2.46. The van der Waals surface area contributed by atoms with Gasteiger partial charge in [0, 0.05) is 6.04 Å². The molecule has 0 aromatic rings. The Bertz CT molecular complexity index is 284. The van der Waals surface area contributed by atoms with Gasteiger partial charge < -0.3 is 5.32 Å². The lowest BCUT2D eigenvalue weighted by molar-refractivity contribution is 0.102. The Hall–Kier alpha value is 0.310. The molecule has 1 aliphatic rings. The predicted molar refractivity (Wildman–Crippen MR) is 104 cm³/mol. The van der Waals surface area contributed by atoms with Gasteiger partial charge in [0.25, 0.3) is 0 Å². The van der Waals surface area contributed by atoms with Gasteiger partial charge in [-0.25, -0.2) is 0 Å². The molecule has 1 saturated carbocycles. The zero-order valence-electron chi connectivity index (χ0n) is 15.8. The van der Waals surface area contributed by atoms with Gasteiger partial charge in [0.15, 0.2) is 0 Å². The standard InChI is InChI=1S/C20H41NS/c1-6-19(9-7-8-14-22)21-13-12-17-10-11-18(15-16(17)2)20(3,4)5/h16-19,21-22H,6-15H2,1-5H3. The Morgan fingerprint density at radius 2 is 1.91 bits per heavy atom. The summed E-state index contributed by atoms with van der Waals surface area (Å²) >= 11 is 4.31. The lowest BCUT2D eigenvalue weighted by Gasteiger charge is -2.41. The van der Waals surface area contributed by atoms with Gasteiger partial charge in [0.05, 0.1) is 0 Å². The highest BCUT2D eigenvalue weighted by Gasteiger charge is 2.33. The predicted octanol–water partition coefficient (Wildman–Crippen LogP) is 5.94. The van der Waals surface area contributed by atoms with Crippen molar-refractivity contribution in [2.24, 2.45) is 23.2 Å². The molecular formula is C20H41NS. The fourth-order valence-corrected chi connectivity index (χ4v) is 4.32. The SMILES string of the molecule is CCC(CCCCS)NCCC1CCC(C(C)(C)C)CC1C. The van der Waals surface area contributed by atoms with Crippen molar-refractivity contribution in [3.05, 3.63) is 0 Å². The summed E-state index contributed by atoms with van der Waals surface area (Å²) in [5.74, 6) is 3.81. The molecule has 1 rings (SSSR count). The fraction of sp³-hybridized carbons (Fsp3) is 1.00. The van der Waals surface area contributed by atoms with Gasteiger partial charge in [0.1, 0.15) is 0 Å². The van der Waals surface area contributed by atoms with Gasteiger partial charge >= 0.3 is 0 Å². The maximum absolute atomic E-state index is 4.31. The number of nitrogens with one attached hydrogen (secondary N) is 1. The van der Waals surface area contributed by atoms with E-state index in [1.54, 1.807) is 0 Å². The fourth-order valence-electron chi connectivity index (χ4n) is 4.10. The number of rotatable bonds is 9. The lowest BCUT2D eigenvalue weighted by atomic mass is 9.65. The summed E-state index contributed by atoms with van der Waals surface area (Å²) in [6, 6.07) is 0.723. The normalized spacial score (nSPS) is 27.8. The highest BCUT2D eigenvalue weighted by atomic mass is 32.1. The van der Waals surface area contributed by atoms with Crippen LogP contribution in [-0.4, -0.2) is 18.3 Å². The number of unbranched alkanes of at least 4 members (excludes halogenated alkanes) is 1. The van der Waals surface area contributed by atoms with Crippen molar-refractivity contribution in [3.8, 4) is 0 Å². The van der Waals surface area contributed by atoms with E-state index in [-0.39, 0.29) is 0 Å². The maximum atomic E-state index is 4.31. The molecule has 1 aliphatic carbocycles. The smallest absolute Gasteiger partial charge is 0.00644 e. The zero-order chi connectivity index (χ0) is 16.6. The summed E-state index contributed by atoms with van der Waals surface area (Å²) in [5.41, 5.74) is 0.498. The third kappa shape index (κ3) is 7.25. The van der Waals surface area contributed by atoms with Crippen LogP contribution in [0.3, 0.4) is 0 Å². The molecule has 1 N–H and O–H groups in total. The van der Waals surface area contributed by atoms with Crippen LogP contribution in [0.5, 0.6) is 0 Å². The van der Waals surface area contributed by atoms with E-state index in [1.165, 1.54) is 57.9 Å². The van der Waals surface area contributed by atoms with Crippen molar-refractivity contribution in [3.63, 3.8) is 0 Å². The van der Waals surface area contributed by atoms with Crippen LogP contribution in [0.25, 0.3) is 0 Å². The molecule has 2 heteroatoms. The lowest BCUT2D eigenvalue weighted by Crippen LogP contribution is -2.34. The first-order valence-corrected chi connectivity index (χ1v) is 10.4. The molecule has 0 aromatic heterocycles. The Morgan fingerprint density at radius 1 is 1.18 bits per heavy atom. The van der Waals surface area contributed by atoms with Gasteiger partial charge in [0.2, 0.25) is 0 Å². The van der Waals surface area contributed by atoms with Crippen molar-refractivity contribution in [2.75, 3.05) is 12.3 Å². The minimum Gasteiger partial charge on any atom is -0.314 e. The molecule has 4 atom stereocenters. The Morgan fingerprint density at radius 3 is 2.45 bits per heavy atom. The van der Waals surface area contributed by atoms with E-state index < -0.39 is 0 Å². The van der Waals surface area contributed by atoms with Crippen molar-refractivity contribution < 1.29 is 0 Å². The van der Waals surface area contributed by atoms with Crippen LogP contribution in [0.15, 0.2) is 0 Å². The molecule has 1 nitrogen and oxygen atoms in total. The van der Waals surface area contributed by atoms with Gasteiger partial charge in [-0.1, -0.05) is 41.0 Å². The van der Waals surface area contributed by atoms with E-state index >= 15 is 0 Å². The topological polar surface area (TPSA) is 12.0 Å². The monoisotopic (exact) mass is 327 g/mol. The van der Waals surface area contributed by atoms with Crippen LogP contribution in [0.4, 0.5) is 0 Å². The first-order chi connectivity index (χ1) is 10.4. The summed E-state index contributed by atoms with van der Waals surface area (Å²) < 4.78 is 0. The average molecular weight is 328 g/mol. The largest absolute Gasteiger partial charge is 0.314 e. The minimum atomic E-state index is 0.498. The van der Waals surface area contributed by atoms with Gasteiger partial charge in [-0.2, -0.15) is 12.6 Å². The molecule has 0 amide bonds. The molecule has 0 spiro atoms. The summed E-state index contributed by atoms with van der Waals surface area (Å²) in [4.78, 5) is 0. The molecule has 0 radical (unpaired) electrons.